The molecule has 1 fully saturated rings. The predicted octanol–water partition coefficient (Wildman–Crippen LogP) is 2.66. The first-order valence-electron chi connectivity index (χ1n) is 9.63. The molecule has 0 saturated carbocycles. The summed E-state index contributed by atoms with van der Waals surface area (Å²) in [7, 11) is -3.36. The monoisotopic (exact) mass is 435 g/mol. The molecule has 3 rings (SSSR count). The summed E-state index contributed by atoms with van der Waals surface area (Å²) < 4.78 is 26.8. The third-order valence-electron chi connectivity index (χ3n) is 5.03. The van der Waals surface area contributed by atoms with Gasteiger partial charge in [-0.05, 0) is 24.1 Å². The minimum absolute atomic E-state index is 0.00365. The van der Waals surface area contributed by atoms with Gasteiger partial charge in [0.1, 0.15) is 0 Å². The number of piperazine rings is 1. The second kappa shape index (κ2) is 9.71. The first-order valence-corrected chi connectivity index (χ1v) is 11.6. The van der Waals surface area contributed by atoms with Gasteiger partial charge in [-0.1, -0.05) is 60.1 Å². The molecule has 1 N–H and O–H groups in total. The average Bonchev–Trinajstić information content (AvgIpc) is 2.69. The fourth-order valence-corrected chi connectivity index (χ4v) is 5.25. The van der Waals surface area contributed by atoms with Crippen molar-refractivity contribution in [3.8, 4) is 0 Å². The minimum atomic E-state index is -3.36. The van der Waals surface area contributed by atoms with E-state index in [0.29, 0.717) is 31.2 Å². The molecule has 2 aromatic rings. The van der Waals surface area contributed by atoms with E-state index in [-0.39, 0.29) is 24.2 Å². The van der Waals surface area contributed by atoms with Crippen LogP contribution in [-0.4, -0.2) is 56.3 Å². The second-order valence-electron chi connectivity index (χ2n) is 7.23. The number of hydrogen-bond donors (Lipinski definition) is 1. The highest BCUT2D eigenvalue weighted by molar-refractivity contribution is 7.88. The largest absolute Gasteiger partial charge is 0.348 e. The van der Waals surface area contributed by atoms with E-state index in [9.17, 15) is 13.2 Å². The zero-order chi connectivity index (χ0) is 20.9. The summed E-state index contributed by atoms with van der Waals surface area (Å²) in [6.07, 6.45) is 0. The number of hydrogen-bond acceptors (Lipinski definition) is 4. The lowest BCUT2D eigenvalue weighted by Gasteiger charge is -2.33. The fraction of sp³-hybridized carbons (Fsp3) is 0.381. The van der Waals surface area contributed by atoms with Gasteiger partial charge in [0.15, 0.2) is 0 Å². The first kappa shape index (κ1) is 21.8. The number of benzene rings is 2. The summed E-state index contributed by atoms with van der Waals surface area (Å²) in [6, 6.07) is 16.4. The normalized spacial score (nSPS) is 17.0. The van der Waals surface area contributed by atoms with Crippen molar-refractivity contribution in [1.82, 2.24) is 14.5 Å². The van der Waals surface area contributed by atoms with E-state index in [1.54, 1.807) is 6.07 Å². The van der Waals surface area contributed by atoms with Gasteiger partial charge in [0.25, 0.3) is 0 Å². The molecule has 6 nitrogen and oxygen atoms in total. The Labute approximate surface area is 177 Å². The molecular formula is C21H26ClN3O3S. The van der Waals surface area contributed by atoms with E-state index in [1.807, 2.05) is 60.4 Å². The molecule has 0 spiro atoms. The van der Waals surface area contributed by atoms with Crippen LogP contribution in [0.25, 0.3) is 0 Å². The van der Waals surface area contributed by atoms with Crippen molar-refractivity contribution in [2.45, 2.75) is 18.7 Å². The Hall–Kier alpha value is -1.93. The van der Waals surface area contributed by atoms with Gasteiger partial charge in [-0.15, -0.1) is 0 Å². The third-order valence-corrected chi connectivity index (χ3v) is 7.23. The predicted molar refractivity (Wildman–Crippen MR) is 115 cm³/mol. The molecule has 1 atom stereocenters. The summed E-state index contributed by atoms with van der Waals surface area (Å²) in [4.78, 5) is 14.4. The summed E-state index contributed by atoms with van der Waals surface area (Å²) >= 11 is 6.19. The molecule has 0 aliphatic carbocycles. The van der Waals surface area contributed by atoms with Gasteiger partial charge in [-0.25, -0.2) is 8.42 Å². The van der Waals surface area contributed by atoms with Crippen molar-refractivity contribution in [2.24, 2.45) is 0 Å². The number of nitrogens with one attached hydrogen (secondary N) is 1. The molecule has 1 unspecified atom stereocenters. The van der Waals surface area contributed by atoms with Gasteiger partial charge < -0.3 is 5.32 Å². The van der Waals surface area contributed by atoms with Crippen molar-refractivity contribution in [2.75, 3.05) is 32.7 Å². The molecule has 0 aromatic heterocycles. The molecule has 1 saturated heterocycles. The lowest BCUT2D eigenvalue weighted by atomic mass is 10.1. The maximum atomic E-state index is 12.6. The quantitative estimate of drug-likeness (QED) is 0.725. The van der Waals surface area contributed by atoms with E-state index >= 15 is 0 Å². The third kappa shape index (κ3) is 6.02. The Morgan fingerprint density at radius 1 is 1.03 bits per heavy atom. The highest BCUT2D eigenvalue weighted by Gasteiger charge is 2.28. The van der Waals surface area contributed by atoms with Crippen LogP contribution in [0.15, 0.2) is 54.6 Å². The lowest BCUT2D eigenvalue weighted by Crippen LogP contribution is -2.51. The molecule has 0 bridgehead atoms. The highest BCUT2D eigenvalue weighted by atomic mass is 35.5. The second-order valence-corrected chi connectivity index (χ2v) is 9.60. The van der Waals surface area contributed by atoms with Gasteiger partial charge in [0, 0.05) is 31.2 Å². The molecular weight excluding hydrogens is 410 g/mol. The number of nitrogens with zero attached hydrogens (tertiary/aromatic N) is 2. The molecule has 1 aliphatic heterocycles. The Morgan fingerprint density at radius 2 is 1.66 bits per heavy atom. The van der Waals surface area contributed by atoms with E-state index in [2.05, 4.69) is 5.32 Å². The van der Waals surface area contributed by atoms with Crippen LogP contribution in [0.5, 0.6) is 0 Å². The van der Waals surface area contributed by atoms with Crippen LogP contribution in [0.3, 0.4) is 0 Å². The van der Waals surface area contributed by atoms with Gasteiger partial charge in [0.2, 0.25) is 15.9 Å². The van der Waals surface area contributed by atoms with E-state index < -0.39 is 10.0 Å². The van der Waals surface area contributed by atoms with Crippen molar-refractivity contribution in [3.63, 3.8) is 0 Å². The van der Waals surface area contributed by atoms with Gasteiger partial charge >= 0.3 is 0 Å². The number of halogens is 1. The van der Waals surface area contributed by atoms with Crippen LogP contribution in [0, 0.1) is 0 Å². The molecule has 8 heteroatoms. The lowest BCUT2D eigenvalue weighted by molar-refractivity contribution is -0.123. The van der Waals surface area contributed by atoms with Gasteiger partial charge in [-0.2, -0.15) is 4.31 Å². The Kier molecular flexibility index (Phi) is 7.29. The Bertz CT molecular complexity index is 929. The van der Waals surface area contributed by atoms with Crippen LogP contribution in [0.4, 0.5) is 0 Å². The van der Waals surface area contributed by atoms with E-state index in [0.717, 1.165) is 11.1 Å². The smallest absolute Gasteiger partial charge is 0.234 e. The molecule has 0 radical (unpaired) electrons. The van der Waals surface area contributed by atoms with Crippen molar-refractivity contribution >= 4 is 27.5 Å². The standard InChI is InChI=1S/C21H26ClN3O3S/c1-17(19-9-5-6-10-20(19)22)23-21(26)15-24-11-13-25(14-12-24)29(27,28)16-18-7-3-2-4-8-18/h2-10,17H,11-16H2,1H3,(H,23,26). The van der Waals surface area contributed by atoms with Crippen LogP contribution in [0.2, 0.25) is 5.02 Å². The summed E-state index contributed by atoms with van der Waals surface area (Å²) in [6.45, 7) is 3.98. The maximum Gasteiger partial charge on any atom is 0.234 e. The van der Waals surface area contributed by atoms with Crippen molar-refractivity contribution in [1.29, 1.82) is 0 Å². The van der Waals surface area contributed by atoms with Gasteiger partial charge in [-0.3, -0.25) is 9.69 Å². The van der Waals surface area contributed by atoms with Crippen molar-refractivity contribution < 1.29 is 13.2 Å². The van der Waals surface area contributed by atoms with Crippen LogP contribution >= 0.6 is 11.6 Å². The molecule has 1 amide bonds. The minimum Gasteiger partial charge on any atom is -0.348 e. The average molecular weight is 436 g/mol. The number of sulfonamides is 1. The topological polar surface area (TPSA) is 69.7 Å². The Morgan fingerprint density at radius 3 is 2.31 bits per heavy atom. The van der Waals surface area contributed by atoms with Crippen LogP contribution in [0.1, 0.15) is 24.1 Å². The molecule has 2 aromatic carbocycles. The maximum absolute atomic E-state index is 12.6. The Balaban J connectivity index is 1.48. The highest BCUT2D eigenvalue weighted by Crippen LogP contribution is 2.22. The fourth-order valence-electron chi connectivity index (χ4n) is 3.44. The zero-order valence-electron chi connectivity index (χ0n) is 16.4. The van der Waals surface area contributed by atoms with E-state index in [1.165, 1.54) is 4.31 Å². The van der Waals surface area contributed by atoms with Crippen LogP contribution < -0.4 is 5.32 Å². The number of carbonyl (C=O) groups is 1. The van der Waals surface area contributed by atoms with Gasteiger partial charge in [0.05, 0.1) is 18.3 Å². The summed E-state index contributed by atoms with van der Waals surface area (Å²) in [5.74, 6) is -0.0954. The SMILES string of the molecule is CC(NC(=O)CN1CCN(S(=O)(=O)Cc2ccccc2)CC1)c1ccccc1Cl. The van der Waals surface area contributed by atoms with Crippen LogP contribution in [-0.2, 0) is 20.6 Å². The number of carbonyl (C=O) groups excluding carboxylic acids is 1. The summed E-state index contributed by atoms with van der Waals surface area (Å²) in [5.41, 5.74) is 1.65. The number of rotatable bonds is 7. The molecule has 29 heavy (non-hydrogen) atoms. The zero-order valence-corrected chi connectivity index (χ0v) is 18.0. The summed E-state index contributed by atoms with van der Waals surface area (Å²) in [5, 5.41) is 3.58. The first-order chi connectivity index (χ1) is 13.8. The molecule has 1 heterocycles. The molecule has 1 aliphatic rings. The molecule has 156 valence electrons. The van der Waals surface area contributed by atoms with Crippen molar-refractivity contribution in [3.05, 3.63) is 70.7 Å². The number of amides is 1. The van der Waals surface area contributed by atoms with E-state index in [4.69, 9.17) is 11.6 Å².